The summed E-state index contributed by atoms with van der Waals surface area (Å²) >= 11 is 2.84. The lowest BCUT2D eigenvalue weighted by atomic mass is 10.2. The van der Waals surface area contributed by atoms with E-state index in [0.29, 0.717) is 6.54 Å². The molecule has 0 saturated carbocycles. The summed E-state index contributed by atoms with van der Waals surface area (Å²) in [5, 5.41) is 16.0. The zero-order chi connectivity index (χ0) is 20.1. The van der Waals surface area contributed by atoms with Crippen molar-refractivity contribution in [3.8, 4) is 0 Å². The number of amides is 1. The predicted molar refractivity (Wildman–Crippen MR) is 119 cm³/mol. The molecule has 0 aliphatic carbocycles. The van der Waals surface area contributed by atoms with Crippen molar-refractivity contribution in [3.63, 3.8) is 0 Å². The second-order valence-electron chi connectivity index (χ2n) is 6.34. The van der Waals surface area contributed by atoms with Gasteiger partial charge in [-0.1, -0.05) is 59.5 Å². The summed E-state index contributed by atoms with van der Waals surface area (Å²) in [5.74, 6) is -0.0830. The molecule has 2 aromatic carbocycles. The first-order valence-electron chi connectivity index (χ1n) is 9.11. The van der Waals surface area contributed by atoms with Crippen molar-refractivity contribution < 1.29 is 4.79 Å². The maximum absolute atomic E-state index is 12.7. The molecule has 29 heavy (non-hydrogen) atoms. The molecule has 0 bridgehead atoms. The van der Waals surface area contributed by atoms with Crippen molar-refractivity contribution in [2.75, 3.05) is 10.6 Å². The van der Waals surface area contributed by atoms with Crippen LogP contribution < -0.4 is 10.6 Å². The summed E-state index contributed by atoms with van der Waals surface area (Å²) in [4.78, 5) is 17.0. The molecule has 0 aliphatic rings. The lowest BCUT2D eigenvalue weighted by molar-refractivity contribution is -0.115. The summed E-state index contributed by atoms with van der Waals surface area (Å²) in [5.41, 5.74) is 2.79. The average Bonchev–Trinajstić information content (AvgIpc) is 3.20. The molecule has 146 valence electrons. The van der Waals surface area contributed by atoms with Gasteiger partial charge in [0.25, 0.3) is 0 Å². The standard InChI is InChI=1S/C21H19N5OS2/c1-14(19(27)24-18-11-5-10-17-16(18)9-6-12-22-17)28-21-26-25-20(29-21)23-13-15-7-3-2-4-8-15/h2-12,14H,13H2,1H3,(H,23,25)(H,24,27). The Labute approximate surface area is 176 Å². The highest BCUT2D eigenvalue weighted by Crippen LogP contribution is 2.30. The van der Waals surface area contributed by atoms with Gasteiger partial charge in [-0.2, -0.15) is 0 Å². The van der Waals surface area contributed by atoms with Gasteiger partial charge in [0.2, 0.25) is 11.0 Å². The molecule has 1 unspecified atom stereocenters. The highest BCUT2D eigenvalue weighted by molar-refractivity contribution is 8.02. The topological polar surface area (TPSA) is 79.8 Å². The number of rotatable bonds is 7. The fourth-order valence-electron chi connectivity index (χ4n) is 2.75. The van der Waals surface area contributed by atoms with E-state index in [0.717, 1.165) is 26.1 Å². The minimum Gasteiger partial charge on any atom is -0.356 e. The fourth-order valence-corrected chi connectivity index (χ4v) is 4.65. The first-order valence-corrected chi connectivity index (χ1v) is 10.8. The van der Waals surface area contributed by atoms with Gasteiger partial charge in [-0.3, -0.25) is 9.78 Å². The van der Waals surface area contributed by atoms with Crippen LogP contribution >= 0.6 is 23.1 Å². The molecule has 0 fully saturated rings. The molecule has 4 aromatic rings. The molecule has 0 spiro atoms. The number of fused-ring (bicyclic) bond motifs is 1. The Kier molecular flexibility index (Phi) is 6.02. The Morgan fingerprint density at radius 1 is 1.07 bits per heavy atom. The molecule has 0 saturated heterocycles. The zero-order valence-electron chi connectivity index (χ0n) is 15.7. The highest BCUT2D eigenvalue weighted by Gasteiger charge is 2.18. The van der Waals surface area contributed by atoms with Crippen LogP contribution in [-0.2, 0) is 11.3 Å². The van der Waals surface area contributed by atoms with E-state index in [1.54, 1.807) is 6.20 Å². The Morgan fingerprint density at radius 3 is 2.79 bits per heavy atom. The highest BCUT2D eigenvalue weighted by atomic mass is 32.2. The quantitative estimate of drug-likeness (QED) is 0.417. The number of anilines is 2. The van der Waals surface area contributed by atoms with Gasteiger partial charge in [-0.25, -0.2) is 0 Å². The number of carbonyl (C=O) groups excluding carboxylic acids is 1. The molecule has 6 nitrogen and oxygen atoms in total. The third-order valence-corrected chi connectivity index (χ3v) is 6.31. The van der Waals surface area contributed by atoms with Gasteiger partial charge in [0.15, 0.2) is 4.34 Å². The molecule has 0 radical (unpaired) electrons. The summed E-state index contributed by atoms with van der Waals surface area (Å²) in [6, 6.07) is 19.6. The van der Waals surface area contributed by atoms with Crippen LogP contribution in [-0.4, -0.2) is 26.3 Å². The lowest BCUT2D eigenvalue weighted by Crippen LogP contribution is -2.22. The normalized spacial score (nSPS) is 11.9. The van der Waals surface area contributed by atoms with Crippen LogP contribution in [0.1, 0.15) is 12.5 Å². The van der Waals surface area contributed by atoms with E-state index in [4.69, 9.17) is 0 Å². The Morgan fingerprint density at radius 2 is 1.93 bits per heavy atom. The molecule has 1 amide bonds. The minimum atomic E-state index is -0.308. The average molecular weight is 422 g/mol. The molecular weight excluding hydrogens is 402 g/mol. The van der Waals surface area contributed by atoms with Crippen LogP contribution in [0.3, 0.4) is 0 Å². The molecular formula is C21H19N5OS2. The number of benzene rings is 2. The first kappa shape index (κ1) is 19.4. The van der Waals surface area contributed by atoms with Crippen LogP contribution in [0, 0.1) is 0 Å². The van der Waals surface area contributed by atoms with Crippen LogP contribution in [0.25, 0.3) is 10.9 Å². The zero-order valence-corrected chi connectivity index (χ0v) is 17.3. The van der Waals surface area contributed by atoms with Crippen LogP contribution in [0.4, 0.5) is 10.8 Å². The van der Waals surface area contributed by atoms with Crippen LogP contribution in [0.2, 0.25) is 0 Å². The second kappa shape index (κ2) is 9.02. The number of nitrogens with zero attached hydrogens (tertiary/aromatic N) is 3. The third kappa shape index (κ3) is 4.90. The van der Waals surface area contributed by atoms with E-state index in [9.17, 15) is 4.79 Å². The summed E-state index contributed by atoms with van der Waals surface area (Å²) in [6.07, 6.45) is 1.74. The molecule has 4 rings (SSSR count). The van der Waals surface area contributed by atoms with Gasteiger partial charge in [-0.05, 0) is 36.8 Å². The van der Waals surface area contributed by atoms with Crippen molar-refractivity contribution in [2.45, 2.75) is 23.1 Å². The van der Waals surface area contributed by atoms with E-state index >= 15 is 0 Å². The van der Waals surface area contributed by atoms with Gasteiger partial charge in [0.05, 0.1) is 16.5 Å². The summed E-state index contributed by atoms with van der Waals surface area (Å²) in [7, 11) is 0. The second-order valence-corrected chi connectivity index (χ2v) is 8.90. The number of hydrogen-bond acceptors (Lipinski definition) is 7. The Bertz CT molecular complexity index is 1110. The largest absolute Gasteiger partial charge is 0.356 e. The SMILES string of the molecule is CC(Sc1nnc(NCc2ccccc2)s1)C(=O)Nc1cccc2ncccc12. The predicted octanol–water partition coefficient (Wildman–Crippen LogP) is 4.82. The molecule has 0 aliphatic heterocycles. The van der Waals surface area contributed by atoms with Gasteiger partial charge < -0.3 is 10.6 Å². The van der Waals surface area contributed by atoms with Crippen LogP contribution in [0.15, 0.2) is 71.2 Å². The number of thioether (sulfide) groups is 1. The van der Waals surface area contributed by atoms with Crippen LogP contribution in [0.5, 0.6) is 0 Å². The minimum absolute atomic E-state index is 0.0830. The smallest absolute Gasteiger partial charge is 0.237 e. The van der Waals surface area contributed by atoms with Crippen molar-refractivity contribution in [3.05, 3.63) is 72.4 Å². The van der Waals surface area contributed by atoms with Gasteiger partial charge in [0, 0.05) is 18.1 Å². The molecule has 1 atom stereocenters. The molecule has 2 heterocycles. The maximum Gasteiger partial charge on any atom is 0.237 e. The lowest BCUT2D eigenvalue weighted by Gasteiger charge is -2.12. The molecule has 2 N–H and O–H groups in total. The van der Waals surface area contributed by atoms with Gasteiger partial charge in [0.1, 0.15) is 0 Å². The molecule has 2 aromatic heterocycles. The fraction of sp³-hybridized carbons (Fsp3) is 0.143. The van der Waals surface area contributed by atoms with Gasteiger partial charge in [-0.15, -0.1) is 10.2 Å². The van der Waals surface area contributed by atoms with E-state index in [1.165, 1.54) is 28.7 Å². The summed E-state index contributed by atoms with van der Waals surface area (Å²) in [6.45, 7) is 2.55. The van der Waals surface area contributed by atoms with E-state index in [2.05, 4.69) is 37.9 Å². The van der Waals surface area contributed by atoms with E-state index in [1.807, 2.05) is 55.5 Å². The number of carbonyl (C=O) groups is 1. The third-order valence-electron chi connectivity index (χ3n) is 4.24. The number of aromatic nitrogens is 3. The number of pyridine rings is 1. The Hall–Kier alpha value is -2.97. The monoisotopic (exact) mass is 421 g/mol. The van der Waals surface area contributed by atoms with E-state index in [-0.39, 0.29) is 11.2 Å². The summed E-state index contributed by atoms with van der Waals surface area (Å²) < 4.78 is 0.753. The van der Waals surface area contributed by atoms with E-state index < -0.39 is 0 Å². The van der Waals surface area contributed by atoms with Crippen molar-refractivity contribution in [1.82, 2.24) is 15.2 Å². The maximum atomic E-state index is 12.7. The number of hydrogen-bond donors (Lipinski definition) is 2. The van der Waals surface area contributed by atoms with Crippen molar-refractivity contribution in [2.24, 2.45) is 0 Å². The van der Waals surface area contributed by atoms with Crippen molar-refractivity contribution >= 4 is 50.7 Å². The Balaban J connectivity index is 1.36. The number of nitrogens with one attached hydrogen (secondary N) is 2. The first-order chi connectivity index (χ1) is 14.2. The van der Waals surface area contributed by atoms with Gasteiger partial charge >= 0.3 is 0 Å². The molecule has 8 heteroatoms. The van der Waals surface area contributed by atoms with Crippen molar-refractivity contribution in [1.29, 1.82) is 0 Å².